The fraction of sp³-hybridized carbons (Fsp3) is 0.689. The van der Waals surface area contributed by atoms with Crippen molar-refractivity contribution in [1.82, 2.24) is 14.7 Å². The molecule has 0 aromatic heterocycles. The van der Waals surface area contributed by atoms with Crippen molar-refractivity contribution in [3.8, 4) is 0 Å². The van der Waals surface area contributed by atoms with Crippen LogP contribution in [0.4, 0.5) is 0 Å². The first-order valence-corrected chi connectivity index (χ1v) is 20.5. The van der Waals surface area contributed by atoms with Gasteiger partial charge in [-0.05, 0) is 73.9 Å². The predicted octanol–water partition coefficient (Wildman–Crippen LogP) is 7.06. The fourth-order valence-corrected chi connectivity index (χ4v) is 9.07. The fourth-order valence-electron chi connectivity index (χ4n) is 9.07. The molecular weight excluding hydrogens is 679 g/mol. The van der Waals surface area contributed by atoms with Gasteiger partial charge in [0.05, 0.1) is 24.6 Å². The number of amides is 2. The van der Waals surface area contributed by atoms with Crippen LogP contribution in [0.2, 0.25) is 0 Å². The Morgan fingerprint density at radius 1 is 0.907 bits per heavy atom. The Hall–Kier alpha value is -3.14. The van der Waals surface area contributed by atoms with Crippen LogP contribution in [-0.2, 0) is 30.3 Å². The summed E-state index contributed by atoms with van der Waals surface area (Å²) in [4.78, 5) is 61.1. The highest BCUT2D eigenvalue weighted by molar-refractivity contribution is 5.90. The van der Waals surface area contributed by atoms with E-state index < -0.39 is 17.9 Å². The number of ether oxygens (including phenoxy) is 1. The van der Waals surface area contributed by atoms with Crippen LogP contribution in [-0.4, -0.2) is 109 Å². The molecule has 9 heteroatoms. The van der Waals surface area contributed by atoms with E-state index in [-0.39, 0.29) is 84.6 Å². The molecule has 1 unspecified atom stereocenters. The maximum Gasteiger partial charge on any atom is 0.226 e. The van der Waals surface area contributed by atoms with E-state index in [1.807, 2.05) is 70.6 Å². The first-order chi connectivity index (χ1) is 25.6. The van der Waals surface area contributed by atoms with Gasteiger partial charge in [-0.2, -0.15) is 0 Å². The first kappa shape index (κ1) is 45.3. The zero-order valence-corrected chi connectivity index (χ0v) is 35.2. The molecule has 3 rings (SSSR count). The molecule has 0 aliphatic carbocycles. The lowest BCUT2D eigenvalue weighted by molar-refractivity contribution is -0.148. The van der Waals surface area contributed by atoms with Crippen molar-refractivity contribution in [1.29, 1.82) is 0 Å². The zero-order chi connectivity index (χ0) is 40.3. The van der Waals surface area contributed by atoms with Crippen molar-refractivity contribution in [2.45, 2.75) is 124 Å². The molecule has 1 N–H and O–H groups in total. The third kappa shape index (κ3) is 11.2. The van der Waals surface area contributed by atoms with Gasteiger partial charge in [-0.1, -0.05) is 97.4 Å². The number of likely N-dealkylation sites (tertiary alicyclic amines) is 1. The minimum atomic E-state index is -0.572. The molecule has 1 saturated heterocycles. The zero-order valence-electron chi connectivity index (χ0n) is 35.2. The van der Waals surface area contributed by atoms with Gasteiger partial charge < -0.3 is 19.6 Å². The molecule has 9 nitrogen and oxygen atoms in total. The largest absolute Gasteiger partial charge is 0.396 e. The second kappa shape index (κ2) is 21.2. The summed E-state index contributed by atoms with van der Waals surface area (Å²) in [6, 6.07) is 13.7. The number of benzene rings is 2. The van der Waals surface area contributed by atoms with Gasteiger partial charge in [0.15, 0.2) is 5.78 Å². The maximum atomic E-state index is 14.3. The monoisotopic (exact) mass is 750 g/mol. The summed E-state index contributed by atoms with van der Waals surface area (Å²) in [6.45, 7) is 14.5. The minimum absolute atomic E-state index is 0.0245. The van der Waals surface area contributed by atoms with Gasteiger partial charge in [-0.3, -0.25) is 24.1 Å². The highest BCUT2D eigenvalue weighted by Gasteiger charge is 2.42. The molecule has 1 heterocycles. The molecule has 0 bridgehead atoms. The maximum absolute atomic E-state index is 14.3. The molecule has 1 fully saturated rings. The number of aliphatic hydroxyl groups is 1. The van der Waals surface area contributed by atoms with Crippen molar-refractivity contribution >= 4 is 34.2 Å². The summed E-state index contributed by atoms with van der Waals surface area (Å²) in [5.74, 6) is -1.18. The molecule has 0 radical (unpaired) electrons. The summed E-state index contributed by atoms with van der Waals surface area (Å²) < 4.78 is 6.06. The van der Waals surface area contributed by atoms with Crippen LogP contribution in [0.15, 0.2) is 42.5 Å². The van der Waals surface area contributed by atoms with Gasteiger partial charge in [-0.15, -0.1) is 0 Å². The SMILES string of the molecule is CC[C@H](C)C([C@@H](CC(=O)N1CCC[C@H]1[C@H](CO)[C@@H](C)C(=O)CCCc1cccc2ccccc12)OC)N(C)C(=O)[C@@H](CC(=O)[C@H](C(C)C)N(C)C)C(C)C. The molecule has 1 aliphatic rings. The van der Waals surface area contributed by atoms with E-state index in [1.165, 1.54) is 16.3 Å². The van der Waals surface area contributed by atoms with E-state index in [1.54, 1.807) is 19.1 Å². The van der Waals surface area contributed by atoms with Crippen LogP contribution >= 0.6 is 0 Å². The van der Waals surface area contributed by atoms with Crippen molar-refractivity contribution in [3.63, 3.8) is 0 Å². The third-order valence-electron chi connectivity index (χ3n) is 12.4. The van der Waals surface area contributed by atoms with E-state index >= 15 is 0 Å². The Morgan fingerprint density at radius 3 is 2.17 bits per heavy atom. The summed E-state index contributed by atoms with van der Waals surface area (Å²) in [5.41, 5.74) is 1.23. The van der Waals surface area contributed by atoms with Crippen LogP contribution in [0.3, 0.4) is 0 Å². The number of methoxy groups -OCH3 is 1. The highest BCUT2D eigenvalue weighted by atomic mass is 16.5. The van der Waals surface area contributed by atoms with Crippen LogP contribution < -0.4 is 0 Å². The van der Waals surface area contributed by atoms with Crippen LogP contribution in [0.5, 0.6) is 0 Å². The number of rotatable bonds is 22. The van der Waals surface area contributed by atoms with E-state index in [9.17, 15) is 24.3 Å². The molecule has 2 aromatic rings. The van der Waals surface area contributed by atoms with Gasteiger partial charge in [0.1, 0.15) is 5.78 Å². The smallest absolute Gasteiger partial charge is 0.226 e. The Morgan fingerprint density at radius 2 is 1.57 bits per heavy atom. The number of hydrogen-bond acceptors (Lipinski definition) is 7. The summed E-state index contributed by atoms with van der Waals surface area (Å²) in [5, 5.41) is 13.1. The second-order valence-corrected chi connectivity index (χ2v) is 16.9. The second-order valence-electron chi connectivity index (χ2n) is 16.9. The van der Waals surface area contributed by atoms with Gasteiger partial charge >= 0.3 is 0 Å². The van der Waals surface area contributed by atoms with Crippen LogP contribution in [0.1, 0.15) is 99.0 Å². The highest BCUT2D eigenvalue weighted by Crippen LogP contribution is 2.33. The number of aryl methyl sites for hydroxylation is 1. The van der Waals surface area contributed by atoms with E-state index in [2.05, 4.69) is 44.2 Å². The average Bonchev–Trinajstić information content (AvgIpc) is 3.62. The number of ketones is 2. The number of aliphatic hydroxyl groups excluding tert-OH is 1. The third-order valence-corrected chi connectivity index (χ3v) is 12.4. The number of hydrogen-bond donors (Lipinski definition) is 1. The lowest BCUT2D eigenvalue weighted by Crippen LogP contribution is -2.54. The number of carbonyl (C=O) groups excluding carboxylic acids is 4. The summed E-state index contributed by atoms with van der Waals surface area (Å²) >= 11 is 0. The quantitative estimate of drug-likeness (QED) is 0.137. The Balaban J connectivity index is 1.73. The molecule has 54 heavy (non-hydrogen) atoms. The van der Waals surface area contributed by atoms with Gasteiger partial charge in [0.25, 0.3) is 0 Å². The Labute approximate surface area is 326 Å². The number of Topliss-reactive ketones (excluding diaryl/α,β-unsaturated/α-hetero) is 2. The molecule has 0 saturated carbocycles. The van der Waals surface area contributed by atoms with Crippen molar-refractivity contribution in [3.05, 3.63) is 48.0 Å². The summed E-state index contributed by atoms with van der Waals surface area (Å²) in [7, 11) is 7.19. The van der Waals surface area contributed by atoms with Crippen molar-refractivity contribution in [2.24, 2.45) is 35.5 Å². The average molecular weight is 750 g/mol. The Bertz CT molecular complexity index is 1510. The van der Waals surface area contributed by atoms with E-state index in [0.717, 1.165) is 32.1 Å². The normalized spacial score (nSPS) is 18.8. The summed E-state index contributed by atoms with van der Waals surface area (Å²) in [6.07, 6.45) is 3.90. The van der Waals surface area contributed by atoms with Crippen LogP contribution in [0, 0.1) is 35.5 Å². The van der Waals surface area contributed by atoms with E-state index in [4.69, 9.17) is 4.74 Å². The number of fused-ring (bicyclic) bond motifs is 1. The molecular formula is C45H71N3O6. The number of carbonyl (C=O) groups is 4. The number of nitrogens with zero attached hydrogens (tertiary/aromatic N) is 3. The lowest BCUT2D eigenvalue weighted by atomic mass is 9.82. The Kier molecular flexibility index (Phi) is 17.8. The predicted molar refractivity (Wildman–Crippen MR) is 218 cm³/mol. The molecule has 2 amide bonds. The molecule has 1 aliphatic heterocycles. The topological polar surface area (TPSA) is 107 Å². The van der Waals surface area contributed by atoms with Gasteiger partial charge in [0, 0.05) is 63.9 Å². The van der Waals surface area contributed by atoms with Crippen molar-refractivity contribution in [2.75, 3.05) is 41.4 Å². The molecule has 0 spiro atoms. The molecule has 8 atom stereocenters. The van der Waals surface area contributed by atoms with E-state index in [0.29, 0.717) is 13.0 Å². The van der Waals surface area contributed by atoms with Gasteiger partial charge in [0.2, 0.25) is 11.8 Å². The minimum Gasteiger partial charge on any atom is -0.396 e. The van der Waals surface area contributed by atoms with Crippen LogP contribution in [0.25, 0.3) is 10.8 Å². The number of likely N-dealkylation sites (N-methyl/N-ethyl adjacent to an activating group) is 2. The lowest BCUT2D eigenvalue weighted by Gasteiger charge is -2.41. The standard InChI is InChI=1S/C45H71N3O6/c1-12-31(6)44(47(10)45(53)36(29(2)3)26-40(51)43(30(4)5)46(8)9)41(54-11)27-42(52)48-25-17-23-38(48)37(28-49)32(7)39(50)24-16-21-34-20-15-19-33-18-13-14-22-35(33)34/h13-15,18-20,22,29-32,36-38,41,43-44,49H,12,16-17,21,23-28H2,1-11H3/t31-,32+,36-,37+,38-,41+,43-,44?/m0/s1. The molecule has 2 aromatic carbocycles. The first-order valence-electron chi connectivity index (χ1n) is 20.5. The van der Waals surface area contributed by atoms with Gasteiger partial charge in [-0.25, -0.2) is 0 Å². The van der Waals surface area contributed by atoms with Crippen molar-refractivity contribution < 1.29 is 29.0 Å². The molecule has 302 valence electrons.